The maximum Gasteiger partial charge on any atom is 0.138 e. The zero-order valence-corrected chi connectivity index (χ0v) is 8.92. The highest BCUT2D eigenvalue weighted by molar-refractivity contribution is 6.32. The highest BCUT2D eigenvalue weighted by atomic mass is 35.5. The van der Waals surface area contributed by atoms with Crippen LogP contribution in [0.5, 0.6) is 5.75 Å². The van der Waals surface area contributed by atoms with Crippen LogP contribution < -0.4 is 4.74 Å². The summed E-state index contributed by atoms with van der Waals surface area (Å²) in [5.41, 5.74) is 0.943. The van der Waals surface area contributed by atoms with Gasteiger partial charge in [-0.05, 0) is 30.9 Å². The molecule has 4 heteroatoms. The van der Waals surface area contributed by atoms with Gasteiger partial charge in [-0.15, -0.1) is 0 Å². The number of nitrogens with one attached hydrogen (secondary N) is 1. The molecule has 1 aliphatic rings. The van der Waals surface area contributed by atoms with Crippen LogP contribution in [0.25, 0.3) is 10.9 Å². The molecule has 0 radical (unpaired) electrons. The molecule has 1 saturated carbocycles. The van der Waals surface area contributed by atoms with Gasteiger partial charge in [0, 0.05) is 5.39 Å². The number of H-pyrrole nitrogens is 1. The zero-order valence-electron chi connectivity index (χ0n) is 8.16. The third-order valence-corrected chi connectivity index (χ3v) is 2.96. The number of nitrogens with zero attached hydrogens (tertiary/aromatic N) is 1. The molecule has 0 amide bonds. The molecule has 1 aromatic carbocycles. The fourth-order valence-electron chi connectivity index (χ4n) is 1.55. The molecule has 1 heterocycles. The lowest BCUT2D eigenvalue weighted by Gasteiger charge is -2.06. The third-order valence-electron chi connectivity index (χ3n) is 2.66. The van der Waals surface area contributed by atoms with Gasteiger partial charge in [-0.3, -0.25) is 5.10 Å². The summed E-state index contributed by atoms with van der Waals surface area (Å²) in [7, 11) is 0. The van der Waals surface area contributed by atoms with Crippen LogP contribution in [0.4, 0.5) is 0 Å². The number of benzene rings is 1. The van der Waals surface area contributed by atoms with Gasteiger partial charge in [0.25, 0.3) is 0 Å². The second-order valence-electron chi connectivity index (χ2n) is 3.99. The minimum absolute atomic E-state index is 0.646. The first-order valence-electron chi connectivity index (χ1n) is 5.08. The summed E-state index contributed by atoms with van der Waals surface area (Å²) in [5, 5.41) is 8.51. The molecule has 15 heavy (non-hydrogen) atoms. The van der Waals surface area contributed by atoms with Crippen LogP contribution in [0, 0.1) is 5.92 Å². The summed E-state index contributed by atoms with van der Waals surface area (Å²) in [4.78, 5) is 0. The standard InChI is InChI=1S/C11H11ClN2O/c12-9-4-10-8(5-13-14-10)3-11(9)15-6-7-1-2-7/h3-5,7H,1-2,6H2,(H,13,14). The monoisotopic (exact) mass is 222 g/mol. The molecule has 1 aromatic heterocycles. The van der Waals surface area contributed by atoms with Crippen molar-refractivity contribution < 1.29 is 4.74 Å². The average Bonchev–Trinajstić information content (AvgIpc) is 2.94. The molecule has 2 aromatic rings. The summed E-state index contributed by atoms with van der Waals surface area (Å²) >= 11 is 6.09. The van der Waals surface area contributed by atoms with Gasteiger partial charge in [0.1, 0.15) is 5.75 Å². The van der Waals surface area contributed by atoms with E-state index in [-0.39, 0.29) is 0 Å². The van der Waals surface area contributed by atoms with E-state index in [1.54, 1.807) is 6.20 Å². The number of halogens is 1. The van der Waals surface area contributed by atoms with Gasteiger partial charge in [-0.25, -0.2) is 0 Å². The topological polar surface area (TPSA) is 37.9 Å². The molecule has 0 atom stereocenters. The van der Waals surface area contributed by atoms with Gasteiger partial charge >= 0.3 is 0 Å². The Balaban J connectivity index is 1.90. The lowest BCUT2D eigenvalue weighted by atomic mass is 10.2. The molecular formula is C11H11ClN2O. The number of hydrogen-bond donors (Lipinski definition) is 1. The first-order valence-corrected chi connectivity index (χ1v) is 5.46. The summed E-state index contributed by atoms with van der Waals surface area (Å²) in [5.74, 6) is 1.50. The highest BCUT2D eigenvalue weighted by Crippen LogP contribution is 2.33. The molecule has 0 saturated heterocycles. The van der Waals surface area contributed by atoms with E-state index in [1.807, 2.05) is 12.1 Å². The molecule has 3 nitrogen and oxygen atoms in total. The average molecular weight is 223 g/mol. The Morgan fingerprint density at radius 2 is 2.33 bits per heavy atom. The van der Waals surface area contributed by atoms with Gasteiger partial charge in [0.2, 0.25) is 0 Å². The highest BCUT2D eigenvalue weighted by Gasteiger charge is 2.22. The summed E-state index contributed by atoms with van der Waals surface area (Å²) in [6.45, 7) is 0.781. The van der Waals surface area contributed by atoms with Crippen molar-refractivity contribution >= 4 is 22.5 Å². The van der Waals surface area contributed by atoms with Gasteiger partial charge in [-0.2, -0.15) is 5.10 Å². The number of fused-ring (bicyclic) bond motifs is 1. The molecule has 1 aliphatic carbocycles. The first-order chi connectivity index (χ1) is 7.33. The van der Waals surface area contributed by atoms with E-state index in [0.29, 0.717) is 5.02 Å². The van der Waals surface area contributed by atoms with Crippen LogP contribution in [0.2, 0.25) is 5.02 Å². The van der Waals surface area contributed by atoms with Crippen LogP contribution in [-0.2, 0) is 0 Å². The smallest absolute Gasteiger partial charge is 0.138 e. The first kappa shape index (κ1) is 9.04. The van der Waals surface area contributed by atoms with E-state index < -0.39 is 0 Å². The summed E-state index contributed by atoms with van der Waals surface area (Å²) < 4.78 is 5.66. The van der Waals surface area contributed by atoms with Crippen molar-refractivity contribution in [1.82, 2.24) is 10.2 Å². The number of ether oxygens (including phenoxy) is 1. The van der Waals surface area contributed by atoms with E-state index in [2.05, 4.69) is 10.2 Å². The van der Waals surface area contributed by atoms with Crippen LogP contribution in [0.1, 0.15) is 12.8 Å². The predicted molar refractivity (Wildman–Crippen MR) is 59.3 cm³/mol. The van der Waals surface area contributed by atoms with Gasteiger partial charge < -0.3 is 4.74 Å². The fraction of sp³-hybridized carbons (Fsp3) is 0.364. The molecule has 3 rings (SSSR count). The second kappa shape index (κ2) is 3.42. The maximum absolute atomic E-state index is 6.09. The summed E-state index contributed by atoms with van der Waals surface area (Å²) in [6.07, 6.45) is 4.34. The molecular weight excluding hydrogens is 212 g/mol. The summed E-state index contributed by atoms with van der Waals surface area (Å²) in [6, 6.07) is 3.79. The van der Waals surface area contributed by atoms with Crippen molar-refractivity contribution in [2.24, 2.45) is 5.92 Å². The van der Waals surface area contributed by atoms with Crippen molar-refractivity contribution in [3.63, 3.8) is 0 Å². The van der Waals surface area contributed by atoms with Crippen LogP contribution >= 0.6 is 11.6 Å². The molecule has 78 valence electrons. The number of rotatable bonds is 3. The van der Waals surface area contributed by atoms with E-state index in [9.17, 15) is 0 Å². The Morgan fingerprint density at radius 3 is 3.13 bits per heavy atom. The SMILES string of the molecule is Clc1cc2[nH]ncc2cc1OCC1CC1. The molecule has 0 bridgehead atoms. The zero-order chi connectivity index (χ0) is 10.3. The van der Waals surface area contributed by atoms with Crippen molar-refractivity contribution in [1.29, 1.82) is 0 Å². The quantitative estimate of drug-likeness (QED) is 0.867. The molecule has 1 N–H and O–H groups in total. The lowest BCUT2D eigenvalue weighted by Crippen LogP contribution is -1.99. The normalized spacial score (nSPS) is 15.8. The Morgan fingerprint density at radius 1 is 1.47 bits per heavy atom. The van der Waals surface area contributed by atoms with E-state index in [4.69, 9.17) is 16.3 Å². The van der Waals surface area contributed by atoms with Crippen molar-refractivity contribution in [3.05, 3.63) is 23.4 Å². The fourth-order valence-corrected chi connectivity index (χ4v) is 1.77. The Labute approximate surface area is 92.4 Å². The maximum atomic E-state index is 6.09. The predicted octanol–water partition coefficient (Wildman–Crippen LogP) is 3.01. The van der Waals surface area contributed by atoms with E-state index >= 15 is 0 Å². The Hall–Kier alpha value is -1.22. The second-order valence-corrected chi connectivity index (χ2v) is 4.40. The van der Waals surface area contributed by atoms with E-state index in [0.717, 1.165) is 29.2 Å². The lowest BCUT2D eigenvalue weighted by molar-refractivity contribution is 0.300. The van der Waals surface area contributed by atoms with Gasteiger partial charge in [-0.1, -0.05) is 11.6 Å². The van der Waals surface area contributed by atoms with Crippen molar-refractivity contribution in [2.45, 2.75) is 12.8 Å². The Kier molecular flexibility index (Phi) is 2.06. The molecule has 0 spiro atoms. The minimum atomic E-state index is 0.646. The van der Waals surface area contributed by atoms with Crippen LogP contribution in [-0.4, -0.2) is 16.8 Å². The minimum Gasteiger partial charge on any atom is -0.492 e. The molecule has 1 fully saturated rings. The van der Waals surface area contributed by atoms with Gasteiger partial charge in [0.05, 0.1) is 23.3 Å². The number of hydrogen-bond acceptors (Lipinski definition) is 2. The number of aromatic amines is 1. The molecule has 0 aliphatic heterocycles. The van der Waals surface area contributed by atoms with Gasteiger partial charge in [0.15, 0.2) is 0 Å². The molecule has 0 unspecified atom stereocenters. The van der Waals surface area contributed by atoms with Crippen molar-refractivity contribution in [3.8, 4) is 5.75 Å². The van der Waals surface area contributed by atoms with Crippen LogP contribution in [0.15, 0.2) is 18.3 Å². The third kappa shape index (κ3) is 1.79. The number of aromatic nitrogens is 2. The van der Waals surface area contributed by atoms with E-state index in [1.165, 1.54) is 12.8 Å². The Bertz CT molecular complexity index is 490. The largest absolute Gasteiger partial charge is 0.492 e. The van der Waals surface area contributed by atoms with Crippen LogP contribution in [0.3, 0.4) is 0 Å². The van der Waals surface area contributed by atoms with Crippen molar-refractivity contribution in [2.75, 3.05) is 6.61 Å².